The zero-order valence-electron chi connectivity index (χ0n) is 11.9. The monoisotopic (exact) mass is 288 g/mol. The number of aliphatic hydroxyl groups excluding tert-OH is 1. The second-order valence-corrected chi connectivity index (χ2v) is 5.02. The van der Waals surface area contributed by atoms with Crippen molar-refractivity contribution in [3.63, 3.8) is 0 Å². The van der Waals surface area contributed by atoms with Crippen LogP contribution in [0.2, 0.25) is 0 Å². The molecule has 1 amide bonds. The number of nitrogens with zero attached hydrogens (tertiary/aromatic N) is 1. The molecule has 3 N–H and O–H groups in total. The molecule has 1 atom stereocenters. The molecule has 0 spiro atoms. The van der Waals surface area contributed by atoms with Gasteiger partial charge in [-0.25, -0.2) is 0 Å². The van der Waals surface area contributed by atoms with Gasteiger partial charge in [0, 0.05) is 18.7 Å². The van der Waals surface area contributed by atoms with Crippen molar-refractivity contribution >= 4 is 5.91 Å². The molecule has 21 heavy (non-hydrogen) atoms. The number of likely N-dealkylation sites (tertiary alicyclic amines) is 1. The predicted octanol–water partition coefficient (Wildman–Crippen LogP) is 0.216. The number of benzene rings is 1. The highest BCUT2D eigenvalue weighted by Gasteiger charge is 2.25. The minimum Gasteiger partial charge on any atom is -0.492 e. The van der Waals surface area contributed by atoms with E-state index in [9.17, 15) is 4.79 Å². The van der Waals surface area contributed by atoms with Crippen molar-refractivity contribution < 1.29 is 14.6 Å². The number of carbonyl (C=O) groups is 1. The number of aliphatic hydroxyl groups is 1. The summed E-state index contributed by atoms with van der Waals surface area (Å²) in [6.07, 6.45) is 0.835. The quantitative estimate of drug-likeness (QED) is 0.760. The van der Waals surface area contributed by atoms with Gasteiger partial charge in [0.2, 0.25) is 5.91 Å². The van der Waals surface area contributed by atoms with Gasteiger partial charge in [-0.05, 0) is 31.2 Å². The SMILES string of the molecule is NC(=O)C1CCN(CCOc2cccc(C#CCO)c2)C1. The number of nitrogens with two attached hydrogens (primary N) is 1. The fourth-order valence-electron chi connectivity index (χ4n) is 2.37. The largest absolute Gasteiger partial charge is 0.492 e. The van der Waals surface area contributed by atoms with Crippen LogP contribution >= 0.6 is 0 Å². The van der Waals surface area contributed by atoms with Crippen LogP contribution in [-0.2, 0) is 4.79 Å². The van der Waals surface area contributed by atoms with Gasteiger partial charge in [-0.2, -0.15) is 0 Å². The average molecular weight is 288 g/mol. The maximum atomic E-state index is 11.1. The Balaban J connectivity index is 1.77. The molecule has 1 saturated heterocycles. The number of ether oxygens (including phenoxy) is 1. The summed E-state index contributed by atoms with van der Waals surface area (Å²) in [7, 11) is 0. The normalized spacial score (nSPS) is 18.0. The molecule has 1 aliphatic heterocycles. The lowest BCUT2D eigenvalue weighted by molar-refractivity contribution is -0.121. The lowest BCUT2D eigenvalue weighted by Gasteiger charge is -2.15. The van der Waals surface area contributed by atoms with Crippen LogP contribution in [0.1, 0.15) is 12.0 Å². The second-order valence-electron chi connectivity index (χ2n) is 5.02. The molecule has 1 fully saturated rings. The van der Waals surface area contributed by atoms with Gasteiger partial charge in [-0.3, -0.25) is 9.69 Å². The zero-order valence-corrected chi connectivity index (χ0v) is 11.9. The molecular formula is C16H20N2O3. The summed E-state index contributed by atoms with van der Waals surface area (Å²) in [4.78, 5) is 13.3. The predicted molar refractivity (Wildman–Crippen MR) is 79.6 cm³/mol. The van der Waals surface area contributed by atoms with Crippen LogP contribution in [0.5, 0.6) is 5.75 Å². The minimum atomic E-state index is -0.214. The number of hydrogen-bond donors (Lipinski definition) is 2. The minimum absolute atomic E-state index is 0.0258. The smallest absolute Gasteiger partial charge is 0.221 e. The van der Waals surface area contributed by atoms with Crippen LogP contribution in [0.4, 0.5) is 0 Å². The van der Waals surface area contributed by atoms with Crippen molar-refractivity contribution in [2.24, 2.45) is 11.7 Å². The maximum absolute atomic E-state index is 11.1. The van der Waals surface area contributed by atoms with Gasteiger partial charge in [0.05, 0.1) is 5.92 Å². The Morgan fingerprint density at radius 2 is 2.38 bits per heavy atom. The van der Waals surface area contributed by atoms with Crippen LogP contribution in [0.15, 0.2) is 24.3 Å². The van der Waals surface area contributed by atoms with Gasteiger partial charge in [0.25, 0.3) is 0 Å². The summed E-state index contributed by atoms with van der Waals surface area (Å²) in [6, 6.07) is 7.46. The van der Waals surface area contributed by atoms with Gasteiger partial charge < -0.3 is 15.6 Å². The molecule has 0 radical (unpaired) electrons. The highest BCUT2D eigenvalue weighted by molar-refractivity contribution is 5.77. The Hall–Kier alpha value is -2.03. The van der Waals surface area contributed by atoms with Crippen molar-refractivity contribution in [2.75, 3.05) is 32.8 Å². The molecule has 1 unspecified atom stereocenters. The molecule has 5 heteroatoms. The van der Waals surface area contributed by atoms with Crippen LogP contribution in [-0.4, -0.2) is 48.8 Å². The van der Waals surface area contributed by atoms with Crippen LogP contribution in [0, 0.1) is 17.8 Å². The fraction of sp³-hybridized carbons (Fsp3) is 0.438. The molecule has 1 heterocycles. The van der Waals surface area contributed by atoms with E-state index < -0.39 is 0 Å². The van der Waals surface area contributed by atoms with E-state index in [-0.39, 0.29) is 18.4 Å². The number of primary amides is 1. The topological polar surface area (TPSA) is 75.8 Å². The van der Waals surface area contributed by atoms with E-state index in [0.717, 1.165) is 37.4 Å². The van der Waals surface area contributed by atoms with Crippen LogP contribution in [0.25, 0.3) is 0 Å². The van der Waals surface area contributed by atoms with E-state index in [1.165, 1.54) is 0 Å². The zero-order chi connectivity index (χ0) is 15.1. The third kappa shape index (κ3) is 4.78. The first-order valence-corrected chi connectivity index (χ1v) is 7.03. The molecule has 0 saturated carbocycles. The van der Waals surface area contributed by atoms with E-state index in [1.54, 1.807) is 0 Å². The second kappa shape index (κ2) is 7.67. The summed E-state index contributed by atoms with van der Waals surface area (Å²) < 4.78 is 5.70. The van der Waals surface area contributed by atoms with E-state index in [4.69, 9.17) is 15.6 Å². The van der Waals surface area contributed by atoms with Crippen LogP contribution < -0.4 is 10.5 Å². The van der Waals surface area contributed by atoms with E-state index in [1.807, 2.05) is 24.3 Å². The first kappa shape index (κ1) is 15.4. The molecule has 1 aromatic carbocycles. The summed E-state index contributed by atoms with van der Waals surface area (Å²) in [5.74, 6) is 5.96. The molecule has 0 aliphatic carbocycles. The Morgan fingerprint density at radius 3 is 3.10 bits per heavy atom. The van der Waals surface area contributed by atoms with Crippen molar-refractivity contribution in [2.45, 2.75) is 6.42 Å². The lowest BCUT2D eigenvalue weighted by atomic mass is 10.1. The number of hydrogen-bond acceptors (Lipinski definition) is 4. The van der Waals surface area contributed by atoms with Crippen molar-refractivity contribution in [1.29, 1.82) is 0 Å². The summed E-state index contributed by atoms with van der Waals surface area (Å²) >= 11 is 0. The standard InChI is InChI=1S/C16H20N2O3/c17-16(20)14-6-7-18(12-14)8-10-21-15-5-1-3-13(11-15)4-2-9-19/h1,3,5,11,14,19H,6-10,12H2,(H2,17,20). The highest BCUT2D eigenvalue weighted by Crippen LogP contribution is 2.16. The molecule has 2 rings (SSSR count). The Morgan fingerprint density at radius 1 is 1.52 bits per heavy atom. The first-order chi connectivity index (χ1) is 10.2. The Bertz CT molecular complexity index is 548. The summed E-state index contributed by atoms with van der Waals surface area (Å²) in [5.41, 5.74) is 6.12. The Labute approximate surface area is 124 Å². The molecule has 1 aliphatic rings. The third-order valence-electron chi connectivity index (χ3n) is 3.50. The van der Waals surface area contributed by atoms with E-state index in [2.05, 4.69) is 16.7 Å². The van der Waals surface area contributed by atoms with Crippen molar-refractivity contribution in [3.8, 4) is 17.6 Å². The molecule has 112 valence electrons. The number of rotatable bonds is 5. The summed E-state index contributed by atoms with van der Waals surface area (Å²) in [5, 5.41) is 8.68. The van der Waals surface area contributed by atoms with E-state index >= 15 is 0 Å². The molecule has 0 bridgehead atoms. The van der Waals surface area contributed by atoms with Gasteiger partial charge >= 0.3 is 0 Å². The van der Waals surface area contributed by atoms with Gasteiger partial charge in [0.15, 0.2) is 0 Å². The number of amides is 1. The highest BCUT2D eigenvalue weighted by atomic mass is 16.5. The van der Waals surface area contributed by atoms with Crippen LogP contribution in [0.3, 0.4) is 0 Å². The average Bonchev–Trinajstić information content (AvgIpc) is 2.95. The van der Waals surface area contributed by atoms with E-state index in [0.29, 0.717) is 6.61 Å². The van der Waals surface area contributed by atoms with Gasteiger partial charge in [-0.15, -0.1) is 0 Å². The van der Waals surface area contributed by atoms with Gasteiger partial charge in [0.1, 0.15) is 19.0 Å². The number of carbonyl (C=O) groups excluding carboxylic acids is 1. The lowest BCUT2D eigenvalue weighted by Crippen LogP contribution is -2.30. The summed E-state index contributed by atoms with van der Waals surface area (Å²) in [6.45, 7) is 2.79. The van der Waals surface area contributed by atoms with Crippen molar-refractivity contribution in [3.05, 3.63) is 29.8 Å². The Kier molecular flexibility index (Phi) is 5.61. The first-order valence-electron chi connectivity index (χ1n) is 7.03. The third-order valence-corrected chi connectivity index (χ3v) is 3.50. The fourth-order valence-corrected chi connectivity index (χ4v) is 2.37. The maximum Gasteiger partial charge on any atom is 0.221 e. The molecular weight excluding hydrogens is 268 g/mol. The molecule has 0 aromatic heterocycles. The van der Waals surface area contributed by atoms with Crippen molar-refractivity contribution in [1.82, 2.24) is 4.90 Å². The molecule has 1 aromatic rings. The molecule has 5 nitrogen and oxygen atoms in total. The van der Waals surface area contributed by atoms with Gasteiger partial charge in [-0.1, -0.05) is 17.9 Å².